The van der Waals surface area contributed by atoms with E-state index >= 15 is 0 Å². The Labute approximate surface area is 224 Å². The highest BCUT2D eigenvalue weighted by atomic mass is 35.5. The second-order valence-corrected chi connectivity index (χ2v) is 9.73. The molecular formula is C27H27ClFN5O4. The Morgan fingerprint density at radius 2 is 2.13 bits per heavy atom. The van der Waals surface area contributed by atoms with E-state index in [-0.39, 0.29) is 22.9 Å². The molecule has 38 heavy (non-hydrogen) atoms. The molecule has 0 radical (unpaired) electrons. The van der Waals surface area contributed by atoms with Gasteiger partial charge in [0.2, 0.25) is 5.91 Å². The third-order valence-electron chi connectivity index (χ3n) is 6.47. The van der Waals surface area contributed by atoms with Crippen molar-refractivity contribution in [2.45, 2.75) is 25.8 Å². The van der Waals surface area contributed by atoms with Crippen LogP contribution in [-0.4, -0.2) is 59.1 Å². The van der Waals surface area contributed by atoms with Crippen LogP contribution in [0.2, 0.25) is 5.02 Å². The molecule has 1 atom stereocenters. The zero-order valence-electron chi connectivity index (χ0n) is 20.7. The van der Waals surface area contributed by atoms with Crippen LogP contribution in [0.3, 0.4) is 0 Å². The maximum absolute atomic E-state index is 13.6. The van der Waals surface area contributed by atoms with Crippen molar-refractivity contribution < 1.29 is 23.5 Å². The number of rotatable bonds is 9. The van der Waals surface area contributed by atoms with Gasteiger partial charge in [-0.1, -0.05) is 17.7 Å². The summed E-state index contributed by atoms with van der Waals surface area (Å²) in [6.07, 6.45) is 6.81. The number of halogens is 2. The van der Waals surface area contributed by atoms with Crippen molar-refractivity contribution >= 4 is 51.6 Å². The summed E-state index contributed by atoms with van der Waals surface area (Å²) in [4.78, 5) is 35.2. The van der Waals surface area contributed by atoms with Crippen molar-refractivity contribution in [3.63, 3.8) is 0 Å². The summed E-state index contributed by atoms with van der Waals surface area (Å²) in [5, 5.41) is 6.65. The number of carbonyl (C=O) groups excluding carboxylic acids is 2. The molecule has 1 aromatic heterocycles. The minimum atomic E-state index is -0.519. The van der Waals surface area contributed by atoms with E-state index in [9.17, 15) is 14.0 Å². The maximum Gasteiger partial charge on any atom is 0.323 e. The van der Waals surface area contributed by atoms with Crippen LogP contribution >= 0.6 is 11.6 Å². The lowest BCUT2D eigenvalue weighted by Gasteiger charge is -2.30. The Hall–Kier alpha value is -3.76. The van der Waals surface area contributed by atoms with Gasteiger partial charge in [-0.3, -0.25) is 14.5 Å². The third-order valence-corrected chi connectivity index (χ3v) is 6.76. The monoisotopic (exact) mass is 539 g/mol. The fourth-order valence-corrected chi connectivity index (χ4v) is 4.23. The number of fused-ring (bicyclic) bond motifs is 1. The van der Waals surface area contributed by atoms with E-state index < -0.39 is 5.82 Å². The SMILES string of the molecule is CC1C(=O)OCCN1C/C=C/C(=O)Nc1cc2c(Nc3ccc(F)c(Cl)c3)ncnc2cc1OCC1CC1. The second kappa shape index (κ2) is 11.3. The van der Waals surface area contributed by atoms with Crippen molar-refractivity contribution in [2.24, 2.45) is 5.92 Å². The van der Waals surface area contributed by atoms with Gasteiger partial charge in [0.15, 0.2) is 0 Å². The number of carbonyl (C=O) groups is 2. The number of aromatic nitrogens is 2. The predicted octanol–water partition coefficient (Wildman–Crippen LogP) is 4.70. The van der Waals surface area contributed by atoms with Crippen LogP contribution in [0, 0.1) is 11.7 Å². The molecule has 0 spiro atoms. The lowest BCUT2D eigenvalue weighted by atomic mass is 10.1. The predicted molar refractivity (Wildman–Crippen MR) is 142 cm³/mol. The summed E-state index contributed by atoms with van der Waals surface area (Å²) < 4.78 is 24.7. The largest absolute Gasteiger partial charge is 0.491 e. The highest BCUT2D eigenvalue weighted by Crippen LogP contribution is 2.36. The molecule has 1 saturated heterocycles. The second-order valence-electron chi connectivity index (χ2n) is 9.33. The summed E-state index contributed by atoms with van der Waals surface area (Å²) in [5.74, 6) is 0.353. The number of nitrogens with one attached hydrogen (secondary N) is 2. The van der Waals surface area contributed by atoms with Crippen LogP contribution in [0.5, 0.6) is 5.75 Å². The van der Waals surface area contributed by atoms with Crippen LogP contribution in [0.25, 0.3) is 10.9 Å². The van der Waals surface area contributed by atoms with Gasteiger partial charge in [0, 0.05) is 36.3 Å². The minimum Gasteiger partial charge on any atom is -0.491 e. The smallest absolute Gasteiger partial charge is 0.323 e. The van der Waals surface area contributed by atoms with Crippen LogP contribution < -0.4 is 15.4 Å². The first-order valence-corrected chi connectivity index (χ1v) is 12.8. The lowest BCUT2D eigenvalue weighted by molar-refractivity contribution is -0.155. The summed E-state index contributed by atoms with van der Waals surface area (Å²) in [5.41, 5.74) is 1.63. The third kappa shape index (κ3) is 6.20. The average molecular weight is 540 g/mol. The number of morpholine rings is 1. The van der Waals surface area contributed by atoms with Gasteiger partial charge >= 0.3 is 5.97 Å². The van der Waals surface area contributed by atoms with Crippen molar-refractivity contribution in [3.8, 4) is 5.75 Å². The average Bonchev–Trinajstić information content (AvgIpc) is 3.72. The molecular weight excluding hydrogens is 513 g/mol. The van der Waals surface area contributed by atoms with E-state index in [0.717, 1.165) is 12.8 Å². The van der Waals surface area contributed by atoms with E-state index in [0.29, 0.717) is 66.1 Å². The summed E-state index contributed by atoms with van der Waals surface area (Å²) in [6.45, 7) is 3.72. The number of esters is 1. The van der Waals surface area contributed by atoms with Crippen molar-refractivity contribution in [2.75, 3.05) is 36.9 Å². The van der Waals surface area contributed by atoms with E-state index in [4.69, 9.17) is 21.1 Å². The zero-order valence-corrected chi connectivity index (χ0v) is 21.5. The fraction of sp³-hybridized carbons (Fsp3) is 0.333. The number of hydrogen-bond donors (Lipinski definition) is 2. The van der Waals surface area contributed by atoms with Crippen LogP contribution in [0.1, 0.15) is 19.8 Å². The van der Waals surface area contributed by atoms with Gasteiger partial charge in [0.25, 0.3) is 0 Å². The van der Waals surface area contributed by atoms with Crippen molar-refractivity contribution in [1.82, 2.24) is 14.9 Å². The van der Waals surface area contributed by atoms with E-state index in [1.54, 1.807) is 31.2 Å². The molecule has 1 unspecified atom stereocenters. The molecule has 1 amide bonds. The molecule has 9 nitrogen and oxygen atoms in total. The molecule has 2 fully saturated rings. The molecule has 198 valence electrons. The van der Waals surface area contributed by atoms with Crippen LogP contribution in [-0.2, 0) is 14.3 Å². The first kappa shape index (κ1) is 25.9. The van der Waals surface area contributed by atoms with Gasteiger partial charge in [-0.25, -0.2) is 14.4 Å². The van der Waals surface area contributed by atoms with Gasteiger partial charge < -0.3 is 20.1 Å². The molecule has 2 aliphatic rings. The number of benzene rings is 2. The summed E-state index contributed by atoms with van der Waals surface area (Å²) in [7, 11) is 0. The molecule has 2 aromatic carbocycles. The molecule has 1 saturated carbocycles. The Kier molecular flexibility index (Phi) is 7.71. The number of anilines is 3. The molecule has 5 rings (SSSR count). The number of ether oxygens (including phenoxy) is 2. The first-order valence-electron chi connectivity index (χ1n) is 12.4. The highest BCUT2D eigenvalue weighted by Gasteiger charge is 2.26. The standard InChI is InChI=1S/C27H27ClFN5O4/c1-16-27(36)37-10-9-34(16)8-2-3-25(35)33-23-12-19-22(13-24(23)38-14-17-4-5-17)30-15-31-26(19)32-18-6-7-21(29)20(28)11-18/h2-3,6-7,11-13,15-17H,4-5,8-10,14H2,1H3,(H,33,35)(H,30,31,32)/b3-2+. The Morgan fingerprint density at radius 3 is 2.92 bits per heavy atom. The Balaban J connectivity index is 1.37. The normalized spacial score (nSPS) is 18.0. The molecule has 2 heterocycles. The van der Waals surface area contributed by atoms with E-state index in [1.165, 1.54) is 24.5 Å². The summed E-state index contributed by atoms with van der Waals surface area (Å²) in [6, 6.07) is 7.44. The molecule has 3 aromatic rings. The molecule has 1 aliphatic heterocycles. The quantitative estimate of drug-likeness (QED) is 0.298. The number of hydrogen-bond acceptors (Lipinski definition) is 8. The van der Waals surface area contributed by atoms with Gasteiger partial charge in [0.05, 0.1) is 22.8 Å². The molecule has 2 N–H and O–H groups in total. The molecule has 0 bridgehead atoms. The van der Waals surface area contributed by atoms with E-state index in [2.05, 4.69) is 20.6 Å². The van der Waals surface area contributed by atoms with Gasteiger partial charge in [0.1, 0.15) is 36.4 Å². The number of nitrogens with zero attached hydrogens (tertiary/aromatic N) is 3. The van der Waals surface area contributed by atoms with E-state index in [1.807, 2.05) is 4.90 Å². The van der Waals surface area contributed by atoms with Gasteiger partial charge in [-0.05, 0) is 49.9 Å². The van der Waals surface area contributed by atoms with Crippen LogP contribution in [0.4, 0.5) is 21.6 Å². The highest BCUT2D eigenvalue weighted by molar-refractivity contribution is 6.31. The lowest BCUT2D eigenvalue weighted by Crippen LogP contribution is -2.47. The molecule has 11 heteroatoms. The minimum absolute atomic E-state index is 0.0142. The van der Waals surface area contributed by atoms with Gasteiger partial charge in [-0.15, -0.1) is 0 Å². The maximum atomic E-state index is 13.6. The van der Waals surface area contributed by atoms with Gasteiger partial charge in [-0.2, -0.15) is 0 Å². The Bertz CT molecular complexity index is 1400. The first-order chi connectivity index (χ1) is 18.4. The zero-order chi connectivity index (χ0) is 26.6. The number of cyclic esters (lactones) is 1. The van der Waals surface area contributed by atoms with Crippen molar-refractivity contribution in [1.29, 1.82) is 0 Å². The molecule has 1 aliphatic carbocycles. The van der Waals surface area contributed by atoms with Crippen molar-refractivity contribution in [3.05, 3.63) is 59.7 Å². The number of amides is 1. The summed E-state index contributed by atoms with van der Waals surface area (Å²) >= 11 is 5.93. The topological polar surface area (TPSA) is 106 Å². The Morgan fingerprint density at radius 1 is 1.29 bits per heavy atom. The van der Waals surface area contributed by atoms with Crippen LogP contribution in [0.15, 0.2) is 48.8 Å². The fourth-order valence-electron chi connectivity index (χ4n) is 4.05.